The number of carbonyl (C=O) groups is 1. The van der Waals surface area contributed by atoms with Gasteiger partial charge in [0.05, 0.1) is 17.2 Å². The Morgan fingerprint density at radius 2 is 1.92 bits per heavy atom. The molecule has 0 atom stereocenters. The second-order valence-corrected chi connectivity index (χ2v) is 7.24. The number of aromatic carboxylic acids is 1. The molecular weight excluding hydrogens is 325 g/mol. The van der Waals surface area contributed by atoms with Gasteiger partial charge in [-0.2, -0.15) is 0 Å². The van der Waals surface area contributed by atoms with Crippen LogP contribution in [-0.2, 0) is 0 Å². The number of piperazine rings is 2. The van der Waals surface area contributed by atoms with Crippen molar-refractivity contribution in [2.45, 2.75) is 24.9 Å². The topological polar surface area (TPSA) is 65.8 Å². The van der Waals surface area contributed by atoms with Gasteiger partial charge in [-0.1, -0.05) is 0 Å². The summed E-state index contributed by atoms with van der Waals surface area (Å²) in [7, 11) is 0. The van der Waals surface area contributed by atoms with Crippen LogP contribution in [0, 0.1) is 5.82 Å². The van der Waals surface area contributed by atoms with Crippen LogP contribution < -0.4 is 10.3 Å². The van der Waals surface area contributed by atoms with Gasteiger partial charge in [0, 0.05) is 43.8 Å². The van der Waals surface area contributed by atoms with Gasteiger partial charge in [-0.25, -0.2) is 9.18 Å². The molecule has 0 spiro atoms. The van der Waals surface area contributed by atoms with Gasteiger partial charge in [0.25, 0.3) is 0 Å². The van der Waals surface area contributed by atoms with Crippen LogP contribution in [0.2, 0.25) is 0 Å². The summed E-state index contributed by atoms with van der Waals surface area (Å²) in [5, 5.41) is 9.45. The molecule has 3 saturated heterocycles. The Balaban J connectivity index is 1.73. The number of hydrogen-bond donors (Lipinski definition) is 1. The van der Waals surface area contributed by atoms with Gasteiger partial charge in [0.15, 0.2) is 0 Å². The summed E-state index contributed by atoms with van der Waals surface area (Å²) in [4.78, 5) is 28.3. The van der Waals surface area contributed by atoms with Crippen molar-refractivity contribution in [1.29, 1.82) is 0 Å². The number of fused-ring (bicyclic) bond motifs is 3. The van der Waals surface area contributed by atoms with Gasteiger partial charge < -0.3 is 14.6 Å². The lowest BCUT2D eigenvalue weighted by Crippen LogP contribution is -2.66. The second-order valence-electron chi connectivity index (χ2n) is 7.24. The summed E-state index contributed by atoms with van der Waals surface area (Å²) >= 11 is 0. The van der Waals surface area contributed by atoms with Crippen LogP contribution in [-0.4, -0.2) is 52.8 Å². The average molecular weight is 343 g/mol. The van der Waals surface area contributed by atoms with Crippen molar-refractivity contribution in [2.24, 2.45) is 0 Å². The van der Waals surface area contributed by atoms with E-state index in [2.05, 4.69) is 9.80 Å². The first-order valence-corrected chi connectivity index (χ1v) is 8.63. The average Bonchev–Trinajstić information content (AvgIpc) is 3.39. The third kappa shape index (κ3) is 2.18. The first-order chi connectivity index (χ1) is 12.0. The molecule has 0 radical (unpaired) electrons. The summed E-state index contributed by atoms with van der Waals surface area (Å²) in [6.07, 6.45) is 3.32. The predicted octanol–water partition coefficient (Wildman–Crippen LogP) is 1.68. The van der Waals surface area contributed by atoms with Crippen molar-refractivity contribution in [3.05, 3.63) is 39.9 Å². The van der Waals surface area contributed by atoms with Gasteiger partial charge in [-0.3, -0.25) is 9.69 Å². The number of anilines is 1. The van der Waals surface area contributed by atoms with E-state index in [1.165, 1.54) is 12.3 Å². The van der Waals surface area contributed by atoms with E-state index in [0.717, 1.165) is 39.0 Å². The highest BCUT2D eigenvalue weighted by molar-refractivity contribution is 5.93. The number of halogens is 1. The van der Waals surface area contributed by atoms with Crippen molar-refractivity contribution >= 4 is 22.6 Å². The smallest absolute Gasteiger partial charge is 0.341 e. The molecule has 25 heavy (non-hydrogen) atoms. The Kier molecular flexibility index (Phi) is 3.01. The lowest BCUT2D eigenvalue weighted by atomic mass is 10.0. The van der Waals surface area contributed by atoms with Gasteiger partial charge in [-0.15, -0.1) is 0 Å². The Labute approximate surface area is 143 Å². The molecule has 1 N–H and O–H groups in total. The second kappa shape index (κ2) is 5.05. The maximum absolute atomic E-state index is 14.8. The first kappa shape index (κ1) is 14.9. The van der Waals surface area contributed by atoms with Gasteiger partial charge in [0.2, 0.25) is 5.43 Å². The standard InChI is InChI=1S/C18H18FN3O3/c19-14-5-12-15(6-16(14)21-4-3-20-7-11(21)8-20)22(10-1-2-10)9-13(17(12)23)18(24)25/h5-6,9-11H,1-4,7-8H2,(H,24,25). The van der Waals surface area contributed by atoms with Gasteiger partial charge in [-0.05, 0) is 25.0 Å². The van der Waals surface area contributed by atoms with E-state index in [4.69, 9.17) is 0 Å². The predicted molar refractivity (Wildman–Crippen MR) is 91.0 cm³/mol. The maximum Gasteiger partial charge on any atom is 0.341 e. The molecule has 4 fully saturated rings. The molecule has 1 saturated carbocycles. The SMILES string of the molecule is O=C(O)c1cn(C2CC2)c2cc(N3CCN4CC3C4)c(F)cc2c1=O. The fraction of sp³-hybridized carbons (Fsp3) is 0.444. The van der Waals surface area contributed by atoms with E-state index in [9.17, 15) is 19.1 Å². The Hall–Kier alpha value is -2.41. The molecule has 3 aliphatic heterocycles. The highest BCUT2D eigenvalue weighted by Crippen LogP contribution is 2.39. The molecule has 0 amide bonds. The molecule has 6 rings (SSSR count). The molecule has 1 aromatic carbocycles. The van der Waals surface area contributed by atoms with Crippen molar-refractivity contribution < 1.29 is 14.3 Å². The van der Waals surface area contributed by atoms with Crippen LogP contribution in [0.25, 0.3) is 10.9 Å². The molecule has 4 aliphatic rings. The van der Waals surface area contributed by atoms with E-state index in [1.54, 1.807) is 6.07 Å². The number of benzene rings is 1. The van der Waals surface area contributed by atoms with Gasteiger partial charge >= 0.3 is 5.97 Å². The van der Waals surface area contributed by atoms with E-state index >= 15 is 0 Å². The Bertz CT molecular complexity index is 957. The number of hydrogen-bond acceptors (Lipinski definition) is 4. The van der Waals surface area contributed by atoms with E-state index in [0.29, 0.717) is 17.2 Å². The molecule has 130 valence electrons. The number of carboxylic acids is 1. The number of aromatic nitrogens is 1. The van der Waals surface area contributed by atoms with Crippen molar-refractivity contribution in [3.63, 3.8) is 0 Å². The molecular formula is C18H18FN3O3. The minimum atomic E-state index is -1.27. The van der Waals surface area contributed by atoms with E-state index < -0.39 is 17.2 Å². The van der Waals surface area contributed by atoms with Crippen LogP contribution >= 0.6 is 0 Å². The summed E-state index contributed by atoms with van der Waals surface area (Å²) in [5.74, 6) is -1.72. The van der Waals surface area contributed by atoms with Gasteiger partial charge in [0.1, 0.15) is 11.4 Å². The summed E-state index contributed by atoms with van der Waals surface area (Å²) < 4.78 is 16.7. The third-order valence-electron chi connectivity index (χ3n) is 5.62. The molecule has 1 aromatic heterocycles. The molecule has 6 nitrogen and oxygen atoms in total. The highest BCUT2D eigenvalue weighted by atomic mass is 19.1. The van der Waals surface area contributed by atoms with E-state index in [1.807, 2.05) is 4.57 Å². The quantitative estimate of drug-likeness (QED) is 0.919. The zero-order valence-corrected chi connectivity index (χ0v) is 13.6. The highest BCUT2D eigenvalue weighted by Gasteiger charge is 2.38. The van der Waals surface area contributed by atoms with Crippen LogP contribution in [0.3, 0.4) is 0 Å². The maximum atomic E-state index is 14.8. The van der Waals surface area contributed by atoms with Crippen LogP contribution in [0.5, 0.6) is 0 Å². The Morgan fingerprint density at radius 3 is 2.52 bits per heavy atom. The lowest BCUT2D eigenvalue weighted by molar-refractivity contribution is 0.0695. The zero-order chi connectivity index (χ0) is 17.3. The van der Waals surface area contributed by atoms with E-state index in [-0.39, 0.29) is 17.0 Å². The molecule has 0 unspecified atom stereocenters. The van der Waals surface area contributed by atoms with Crippen LogP contribution in [0.15, 0.2) is 23.1 Å². The monoisotopic (exact) mass is 343 g/mol. The fourth-order valence-corrected chi connectivity index (χ4v) is 4.06. The Morgan fingerprint density at radius 1 is 1.16 bits per heavy atom. The molecule has 2 aromatic rings. The third-order valence-corrected chi connectivity index (χ3v) is 5.62. The summed E-state index contributed by atoms with van der Waals surface area (Å²) in [5.41, 5.74) is 0.252. The minimum absolute atomic E-state index is 0.153. The molecule has 1 aliphatic carbocycles. The normalized spacial score (nSPS) is 25.1. The lowest BCUT2D eigenvalue weighted by Gasteiger charge is -2.52. The fourth-order valence-electron chi connectivity index (χ4n) is 4.06. The molecule has 2 bridgehead atoms. The summed E-state index contributed by atoms with van der Waals surface area (Å²) in [6, 6.07) is 3.48. The largest absolute Gasteiger partial charge is 0.477 e. The summed E-state index contributed by atoms with van der Waals surface area (Å²) in [6.45, 7) is 3.59. The number of rotatable bonds is 3. The minimum Gasteiger partial charge on any atom is -0.477 e. The molecule has 7 heteroatoms. The van der Waals surface area contributed by atoms with Crippen molar-refractivity contribution in [3.8, 4) is 0 Å². The van der Waals surface area contributed by atoms with Crippen molar-refractivity contribution in [2.75, 3.05) is 31.1 Å². The number of carboxylic acid groups (broad SMARTS) is 1. The zero-order valence-electron chi connectivity index (χ0n) is 13.6. The van der Waals surface area contributed by atoms with Crippen molar-refractivity contribution in [1.82, 2.24) is 9.47 Å². The molecule has 4 heterocycles. The van der Waals surface area contributed by atoms with Crippen LogP contribution in [0.1, 0.15) is 29.2 Å². The first-order valence-electron chi connectivity index (χ1n) is 8.63. The number of nitrogens with zero attached hydrogens (tertiary/aromatic N) is 3. The number of pyridine rings is 1. The van der Waals surface area contributed by atoms with Crippen LogP contribution in [0.4, 0.5) is 10.1 Å².